The van der Waals surface area contributed by atoms with E-state index < -0.39 is 0 Å². The van der Waals surface area contributed by atoms with E-state index in [1.807, 2.05) is 11.0 Å². The molecule has 0 radical (unpaired) electrons. The van der Waals surface area contributed by atoms with Gasteiger partial charge >= 0.3 is 6.03 Å². The Morgan fingerprint density at radius 1 is 1.30 bits per heavy atom. The van der Waals surface area contributed by atoms with E-state index in [4.69, 9.17) is 4.74 Å². The highest BCUT2D eigenvalue weighted by Crippen LogP contribution is 2.27. The maximum Gasteiger partial charge on any atom is 0.321 e. The summed E-state index contributed by atoms with van der Waals surface area (Å²) in [5.41, 5.74) is 3.40. The SMILES string of the molecule is COC[C@@H]1CCN(C(=O)Nc2ccc(N3CCCC3)c(C)c2)C1. The van der Waals surface area contributed by atoms with Crippen molar-refractivity contribution in [2.24, 2.45) is 5.92 Å². The standard InChI is InChI=1S/C18H27N3O2/c1-14-11-16(5-6-17(14)20-8-3-4-9-20)19-18(22)21-10-7-15(12-21)13-23-2/h5-6,11,15H,3-4,7-10,12-13H2,1-2H3,(H,19,22)/t15-/m1/s1. The normalized spacial score (nSPS) is 21.0. The molecule has 2 aliphatic rings. The molecule has 2 saturated heterocycles. The van der Waals surface area contributed by atoms with E-state index in [2.05, 4.69) is 29.3 Å². The number of nitrogens with zero attached hydrogens (tertiary/aromatic N) is 2. The lowest BCUT2D eigenvalue weighted by atomic mass is 10.1. The van der Waals surface area contributed by atoms with Gasteiger partial charge in [0.25, 0.3) is 0 Å². The molecule has 1 aromatic rings. The maximum absolute atomic E-state index is 12.4. The molecule has 5 nitrogen and oxygen atoms in total. The number of methoxy groups -OCH3 is 1. The van der Waals surface area contributed by atoms with Crippen LogP contribution >= 0.6 is 0 Å². The minimum absolute atomic E-state index is 0.00285. The third-order valence-corrected chi connectivity index (χ3v) is 4.87. The molecule has 2 amide bonds. The summed E-state index contributed by atoms with van der Waals surface area (Å²) in [6, 6.07) is 6.22. The molecular weight excluding hydrogens is 290 g/mol. The van der Waals surface area contributed by atoms with Crippen molar-refractivity contribution in [3.8, 4) is 0 Å². The summed E-state index contributed by atoms with van der Waals surface area (Å²) in [6.07, 6.45) is 3.57. The predicted octanol–water partition coefficient (Wildman–Crippen LogP) is 3.10. The van der Waals surface area contributed by atoms with E-state index in [1.165, 1.54) is 24.1 Å². The second-order valence-corrected chi connectivity index (χ2v) is 6.68. The molecule has 2 heterocycles. The number of hydrogen-bond donors (Lipinski definition) is 1. The minimum Gasteiger partial charge on any atom is -0.384 e. The Kier molecular flexibility index (Phi) is 5.06. The van der Waals surface area contributed by atoms with Gasteiger partial charge in [-0.2, -0.15) is 0 Å². The summed E-state index contributed by atoms with van der Waals surface area (Å²) in [7, 11) is 1.72. The molecular formula is C18H27N3O2. The van der Waals surface area contributed by atoms with Gasteiger partial charge in [-0.25, -0.2) is 4.79 Å². The van der Waals surface area contributed by atoms with Gasteiger partial charge in [-0.1, -0.05) is 0 Å². The fraction of sp³-hybridized carbons (Fsp3) is 0.611. The van der Waals surface area contributed by atoms with Gasteiger partial charge in [0.2, 0.25) is 0 Å². The van der Waals surface area contributed by atoms with Crippen LogP contribution in [0.25, 0.3) is 0 Å². The number of urea groups is 1. The van der Waals surface area contributed by atoms with E-state index in [0.717, 1.165) is 44.9 Å². The van der Waals surface area contributed by atoms with Gasteiger partial charge in [0.05, 0.1) is 6.61 Å². The zero-order valence-corrected chi connectivity index (χ0v) is 14.2. The van der Waals surface area contributed by atoms with E-state index >= 15 is 0 Å². The van der Waals surface area contributed by atoms with Crippen molar-refractivity contribution in [3.05, 3.63) is 23.8 Å². The molecule has 3 rings (SSSR count). The molecule has 0 spiro atoms. The Hall–Kier alpha value is -1.75. The lowest BCUT2D eigenvalue weighted by molar-refractivity contribution is 0.154. The number of ether oxygens (including phenoxy) is 1. The lowest BCUT2D eigenvalue weighted by Crippen LogP contribution is -2.33. The Morgan fingerprint density at radius 2 is 2.09 bits per heavy atom. The third-order valence-electron chi connectivity index (χ3n) is 4.87. The number of benzene rings is 1. The monoisotopic (exact) mass is 317 g/mol. The van der Waals surface area contributed by atoms with Crippen molar-refractivity contribution in [3.63, 3.8) is 0 Å². The first kappa shape index (κ1) is 16.1. The first-order valence-electron chi connectivity index (χ1n) is 8.58. The van der Waals surface area contributed by atoms with Crippen molar-refractivity contribution < 1.29 is 9.53 Å². The highest BCUT2D eigenvalue weighted by molar-refractivity contribution is 5.90. The second kappa shape index (κ2) is 7.21. The quantitative estimate of drug-likeness (QED) is 0.928. The Balaban J connectivity index is 1.59. The molecule has 2 fully saturated rings. The molecule has 0 bridgehead atoms. The van der Waals surface area contributed by atoms with Crippen LogP contribution in [0, 0.1) is 12.8 Å². The van der Waals surface area contributed by atoms with Crippen LogP contribution in [0.5, 0.6) is 0 Å². The first-order chi connectivity index (χ1) is 11.2. The van der Waals surface area contributed by atoms with Gasteiger partial charge in [-0.05, 0) is 49.9 Å². The van der Waals surface area contributed by atoms with Crippen molar-refractivity contribution in [1.29, 1.82) is 0 Å². The van der Waals surface area contributed by atoms with Gasteiger partial charge in [-0.15, -0.1) is 0 Å². The second-order valence-electron chi connectivity index (χ2n) is 6.68. The maximum atomic E-state index is 12.4. The fourth-order valence-electron chi connectivity index (χ4n) is 3.64. The van der Waals surface area contributed by atoms with Crippen molar-refractivity contribution in [2.75, 3.05) is 50.1 Å². The predicted molar refractivity (Wildman–Crippen MR) is 93.2 cm³/mol. The number of carbonyl (C=O) groups is 1. The van der Waals surface area contributed by atoms with E-state index in [9.17, 15) is 4.79 Å². The van der Waals surface area contributed by atoms with Gasteiger partial charge in [0.1, 0.15) is 0 Å². The van der Waals surface area contributed by atoms with E-state index in [1.54, 1.807) is 7.11 Å². The van der Waals surface area contributed by atoms with Crippen LogP contribution in [-0.4, -0.2) is 50.8 Å². The van der Waals surface area contributed by atoms with Crippen LogP contribution in [0.15, 0.2) is 18.2 Å². The first-order valence-corrected chi connectivity index (χ1v) is 8.58. The van der Waals surface area contributed by atoms with Crippen molar-refractivity contribution in [1.82, 2.24) is 4.90 Å². The van der Waals surface area contributed by atoms with Crippen molar-refractivity contribution >= 4 is 17.4 Å². The molecule has 5 heteroatoms. The zero-order chi connectivity index (χ0) is 16.2. The molecule has 0 saturated carbocycles. The molecule has 0 aromatic heterocycles. The smallest absolute Gasteiger partial charge is 0.321 e. The average Bonchev–Trinajstić information content (AvgIpc) is 3.19. The van der Waals surface area contributed by atoms with Gasteiger partial charge < -0.3 is 19.9 Å². The number of amides is 2. The number of likely N-dealkylation sites (tertiary alicyclic amines) is 1. The zero-order valence-electron chi connectivity index (χ0n) is 14.2. The highest BCUT2D eigenvalue weighted by atomic mass is 16.5. The summed E-state index contributed by atoms with van der Waals surface area (Å²) in [5, 5.41) is 3.03. The lowest BCUT2D eigenvalue weighted by Gasteiger charge is -2.22. The molecule has 1 N–H and O–H groups in total. The van der Waals surface area contributed by atoms with Gasteiger partial charge in [-0.3, -0.25) is 0 Å². The number of rotatable bonds is 4. The third kappa shape index (κ3) is 3.78. The summed E-state index contributed by atoms with van der Waals surface area (Å²) in [5.74, 6) is 0.463. The Labute approximate surface area is 138 Å². The van der Waals surface area contributed by atoms with Gasteiger partial charge in [0.15, 0.2) is 0 Å². The van der Waals surface area contributed by atoms with Crippen LogP contribution in [-0.2, 0) is 4.74 Å². The largest absolute Gasteiger partial charge is 0.384 e. The van der Waals surface area contributed by atoms with Crippen molar-refractivity contribution in [2.45, 2.75) is 26.2 Å². The summed E-state index contributed by atoms with van der Waals surface area (Å²) >= 11 is 0. The van der Waals surface area contributed by atoms with Crippen LogP contribution in [0.4, 0.5) is 16.2 Å². The van der Waals surface area contributed by atoms with E-state index in [-0.39, 0.29) is 6.03 Å². The van der Waals surface area contributed by atoms with Crippen LogP contribution < -0.4 is 10.2 Å². The fourth-order valence-corrected chi connectivity index (χ4v) is 3.64. The summed E-state index contributed by atoms with van der Waals surface area (Å²) in [6.45, 7) is 6.72. The molecule has 0 aliphatic carbocycles. The topological polar surface area (TPSA) is 44.8 Å². The summed E-state index contributed by atoms with van der Waals surface area (Å²) in [4.78, 5) is 16.7. The Morgan fingerprint density at radius 3 is 2.78 bits per heavy atom. The van der Waals surface area contributed by atoms with Gasteiger partial charge in [0, 0.05) is 50.6 Å². The minimum atomic E-state index is -0.00285. The van der Waals surface area contributed by atoms with Crippen LogP contribution in [0.1, 0.15) is 24.8 Å². The highest BCUT2D eigenvalue weighted by Gasteiger charge is 2.26. The number of carbonyl (C=O) groups excluding carboxylic acids is 1. The Bertz CT molecular complexity index is 555. The number of nitrogens with one attached hydrogen (secondary N) is 1. The number of hydrogen-bond acceptors (Lipinski definition) is 3. The molecule has 126 valence electrons. The molecule has 1 aromatic carbocycles. The summed E-state index contributed by atoms with van der Waals surface area (Å²) < 4.78 is 5.19. The van der Waals surface area contributed by atoms with Crippen LogP contribution in [0.2, 0.25) is 0 Å². The van der Waals surface area contributed by atoms with E-state index in [0.29, 0.717) is 5.92 Å². The number of anilines is 2. The molecule has 23 heavy (non-hydrogen) atoms. The molecule has 1 atom stereocenters. The molecule has 2 aliphatic heterocycles. The average molecular weight is 317 g/mol. The number of aryl methyl sites for hydroxylation is 1. The molecule has 0 unspecified atom stereocenters. The van der Waals surface area contributed by atoms with Crippen LogP contribution in [0.3, 0.4) is 0 Å².